The van der Waals surface area contributed by atoms with Crippen LogP contribution in [0.1, 0.15) is 48.0 Å². The summed E-state index contributed by atoms with van der Waals surface area (Å²) in [5.41, 5.74) is 1.15. The average Bonchev–Trinajstić information content (AvgIpc) is 2.57. The number of carbonyl (C=O) groups is 1. The molecule has 3 rings (SSSR count). The number of amides is 1. The van der Waals surface area contributed by atoms with Crippen molar-refractivity contribution in [3.63, 3.8) is 0 Å². The zero-order chi connectivity index (χ0) is 15.4. The SMILES string of the molecule is O=C(NC1(c2ccc(=O)[nH]c2)CCCCC1)c1ccccc1. The van der Waals surface area contributed by atoms with Gasteiger partial charge >= 0.3 is 0 Å². The standard InChI is InChI=1S/C18H20N2O2/c21-16-10-9-15(13-19-16)18(11-5-2-6-12-18)20-17(22)14-7-3-1-4-8-14/h1,3-4,7-10,13H,2,5-6,11-12H2,(H,19,21)(H,20,22). The normalized spacial score (nSPS) is 16.9. The molecule has 1 aliphatic carbocycles. The molecule has 22 heavy (non-hydrogen) atoms. The van der Waals surface area contributed by atoms with Crippen molar-refractivity contribution in [2.45, 2.75) is 37.6 Å². The molecular formula is C18H20N2O2. The van der Waals surface area contributed by atoms with Crippen LogP contribution in [0.4, 0.5) is 0 Å². The number of rotatable bonds is 3. The molecule has 1 aliphatic rings. The molecule has 0 unspecified atom stereocenters. The van der Waals surface area contributed by atoms with E-state index in [0.717, 1.165) is 31.2 Å². The van der Waals surface area contributed by atoms with Gasteiger partial charge in [0.25, 0.3) is 5.91 Å². The Morgan fingerprint density at radius 2 is 1.73 bits per heavy atom. The van der Waals surface area contributed by atoms with Crippen molar-refractivity contribution in [1.29, 1.82) is 0 Å². The van der Waals surface area contributed by atoms with Gasteiger partial charge in [0.2, 0.25) is 5.56 Å². The fourth-order valence-corrected chi connectivity index (χ4v) is 3.23. The van der Waals surface area contributed by atoms with Crippen LogP contribution < -0.4 is 10.9 Å². The van der Waals surface area contributed by atoms with E-state index in [0.29, 0.717) is 5.56 Å². The lowest BCUT2D eigenvalue weighted by atomic mass is 9.77. The van der Waals surface area contributed by atoms with Crippen LogP contribution in [-0.4, -0.2) is 10.9 Å². The van der Waals surface area contributed by atoms with Gasteiger partial charge in [-0.15, -0.1) is 0 Å². The summed E-state index contributed by atoms with van der Waals surface area (Å²) >= 11 is 0. The van der Waals surface area contributed by atoms with Crippen LogP contribution in [0.15, 0.2) is 53.5 Å². The Kier molecular flexibility index (Phi) is 4.09. The molecule has 4 heteroatoms. The quantitative estimate of drug-likeness (QED) is 0.914. The summed E-state index contributed by atoms with van der Waals surface area (Å²) in [5, 5.41) is 3.22. The van der Waals surface area contributed by atoms with Crippen molar-refractivity contribution < 1.29 is 4.79 Å². The lowest BCUT2D eigenvalue weighted by Gasteiger charge is -2.38. The maximum atomic E-state index is 12.6. The van der Waals surface area contributed by atoms with Gasteiger partial charge in [-0.3, -0.25) is 9.59 Å². The maximum absolute atomic E-state index is 12.6. The van der Waals surface area contributed by atoms with Crippen LogP contribution in [0.3, 0.4) is 0 Å². The molecule has 0 aliphatic heterocycles. The summed E-state index contributed by atoms with van der Waals surface area (Å²) in [4.78, 5) is 26.6. The van der Waals surface area contributed by atoms with Crippen LogP contribution in [0, 0.1) is 0 Å². The third-order valence-corrected chi connectivity index (χ3v) is 4.43. The zero-order valence-electron chi connectivity index (χ0n) is 12.5. The summed E-state index contributed by atoms with van der Waals surface area (Å²) in [6.07, 6.45) is 6.88. The fourth-order valence-electron chi connectivity index (χ4n) is 3.23. The van der Waals surface area contributed by atoms with Gasteiger partial charge in [-0.25, -0.2) is 0 Å². The Hall–Kier alpha value is -2.36. The first kappa shape index (κ1) is 14.6. The van der Waals surface area contributed by atoms with Gasteiger partial charge in [-0.05, 0) is 36.6 Å². The topological polar surface area (TPSA) is 62.0 Å². The summed E-state index contributed by atoms with van der Waals surface area (Å²) < 4.78 is 0. The molecule has 0 atom stereocenters. The Bertz CT molecular complexity index is 680. The van der Waals surface area contributed by atoms with E-state index in [1.807, 2.05) is 36.4 Å². The molecule has 114 valence electrons. The minimum absolute atomic E-state index is 0.0614. The minimum Gasteiger partial charge on any atom is -0.342 e. The van der Waals surface area contributed by atoms with E-state index in [2.05, 4.69) is 10.3 Å². The van der Waals surface area contributed by atoms with Gasteiger partial charge in [0.1, 0.15) is 0 Å². The van der Waals surface area contributed by atoms with Crippen molar-refractivity contribution >= 4 is 5.91 Å². The summed E-state index contributed by atoms with van der Waals surface area (Å²) in [6, 6.07) is 12.6. The molecule has 1 fully saturated rings. The predicted octanol–water partition coefficient (Wildman–Crippen LogP) is 2.96. The van der Waals surface area contributed by atoms with Crippen LogP contribution in [0.2, 0.25) is 0 Å². The molecular weight excluding hydrogens is 276 g/mol. The Labute approximate surface area is 129 Å². The first-order valence-corrected chi connectivity index (χ1v) is 7.76. The molecule has 2 N–H and O–H groups in total. The third kappa shape index (κ3) is 2.96. The third-order valence-electron chi connectivity index (χ3n) is 4.43. The molecule has 0 radical (unpaired) electrons. The van der Waals surface area contributed by atoms with Crippen LogP contribution >= 0.6 is 0 Å². The lowest BCUT2D eigenvalue weighted by molar-refractivity contribution is 0.0866. The maximum Gasteiger partial charge on any atom is 0.251 e. The smallest absolute Gasteiger partial charge is 0.251 e. The number of H-pyrrole nitrogens is 1. The summed E-state index contributed by atoms with van der Waals surface area (Å²) in [5.74, 6) is -0.0614. The molecule has 1 aromatic carbocycles. The largest absolute Gasteiger partial charge is 0.342 e. The Morgan fingerprint density at radius 3 is 2.36 bits per heavy atom. The van der Waals surface area contributed by atoms with Crippen LogP contribution in [0.5, 0.6) is 0 Å². The monoisotopic (exact) mass is 296 g/mol. The first-order chi connectivity index (χ1) is 10.7. The minimum atomic E-state index is -0.380. The van der Waals surface area contributed by atoms with Gasteiger partial charge < -0.3 is 10.3 Å². The molecule has 2 aromatic rings. The molecule has 1 amide bonds. The number of hydrogen-bond acceptors (Lipinski definition) is 2. The molecule has 1 heterocycles. The predicted molar refractivity (Wildman–Crippen MR) is 85.7 cm³/mol. The highest BCUT2D eigenvalue weighted by Crippen LogP contribution is 2.36. The summed E-state index contributed by atoms with van der Waals surface area (Å²) in [7, 11) is 0. The number of aromatic nitrogens is 1. The molecule has 1 aromatic heterocycles. The highest BCUT2D eigenvalue weighted by Gasteiger charge is 2.35. The van der Waals surface area contributed by atoms with Gasteiger partial charge in [0.15, 0.2) is 0 Å². The van der Waals surface area contributed by atoms with E-state index in [1.54, 1.807) is 6.20 Å². The van der Waals surface area contributed by atoms with E-state index in [9.17, 15) is 9.59 Å². The number of hydrogen-bond donors (Lipinski definition) is 2. The van der Waals surface area contributed by atoms with Gasteiger partial charge in [0.05, 0.1) is 5.54 Å². The second-order valence-electron chi connectivity index (χ2n) is 5.90. The first-order valence-electron chi connectivity index (χ1n) is 7.76. The number of aromatic amines is 1. The van der Waals surface area contributed by atoms with Crippen molar-refractivity contribution in [3.05, 3.63) is 70.1 Å². The van der Waals surface area contributed by atoms with Crippen molar-refractivity contribution in [3.8, 4) is 0 Å². The van der Waals surface area contributed by atoms with Crippen LogP contribution in [0.25, 0.3) is 0 Å². The fraction of sp³-hybridized carbons (Fsp3) is 0.333. The molecule has 0 bridgehead atoms. The number of nitrogens with one attached hydrogen (secondary N) is 2. The van der Waals surface area contributed by atoms with E-state index < -0.39 is 0 Å². The Balaban J connectivity index is 1.91. The van der Waals surface area contributed by atoms with E-state index in [1.165, 1.54) is 12.5 Å². The number of benzene rings is 1. The second-order valence-corrected chi connectivity index (χ2v) is 5.90. The summed E-state index contributed by atoms with van der Waals surface area (Å²) in [6.45, 7) is 0. The zero-order valence-corrected chi connectivity index (χ0v) is 12.5. The second kappa shape index (κ2) is 6.18. The van der Waals surface area contributed by atoms with Crippen molar-refractivity contribution in [2.75, 3.05) is 0 Å². The number of pyridine rings is 1. The van der Waals surface area contributed by atoms with Crippen molar-refractivity contribution in [2.24, 2.45) is 0 Å². The molecule has 1 saturated carbocycles. The van der Waals surface area contributed by atoms with Gasteiger partial charge in [-0.1, -0.05) is 37.5 Å². The average molecular weight is 296 g/mol. The van der Waals surface area contributed by atoms with Crippen LogP contribution in [-0.2, 0) is 5.54 Å². The number of carbonyl (C=O) groups excluding carboxylic acids is 1. The van der Waals surface area contributed by atoms with Gasteiger partial charge in [-0.2, -0.15) is 0 Å². The highest BCUT2D eigenvalue weighted by atomic mass is 16.1. The lowest BCUT2D eigenvalue weighted by Crippen LogP contribution is -2.47. The van der Waals surface area contributed by atoms with E-state index in [4.69, 9.17) is 0 Å². The van der Waals surface area contributed by atoms with Crippen molar-refractivity contribution in [1.82, 2.24) is 10.3 Å². The molecule has 0 saturated heterocycles. The Morgan fingerprint density at radius 1 is 1.00 bits per heavy atom. The van der Waals surface area contributed by atoms with E-state index in [-0.39, 0.29) is 17.0 Å². The molecule has 0 spiro atoms. The van der Waals surface area contributed by atoms with Gasteiger partial charge in [0, 0.05) is 17.8 Å². The van der Waals surface area contributed by atoms with E-state index >= 15 is 0 Å². The molecule has 4 nitrogen and oxygen atoms in total. The highest BCUT2D eigenvalue weighted by molar-refractivity contribution is 5.94.